The predicted octanol–water partition coefficient (Wildman–Crippen LogP) is 4.18. The average Bonchev–Trinajstić information content (AvgIpc) is 2.53. The highest BCUT2D eigenvalue weighted by atomic mass is 19.1. The molecular weight excluding hydrogens is 303 g/mol. The number of anilines is 1. The van der Waals surface area contributed by atoms with Gasteiger partial charge in [-0.05, 0) is 36.8 Å². The van der Waals surface area contributed by atoms with Crippen LogP contribution in [0.1, 0.15) is 40.5 Å². The maximum absolute atomic E-state index is 13.9. The van der Waals surface area contributed by atoms with Crippen molar-refractivity contribution in [1.82, 2.24) is 4.90 Å². The summed E-state index contributed by atoms with van der Waals surface area (Å²) in [7, 11) is 0. The minimum absolute atomic E-state index is 0.0746. The zero-order valence-corrected chi connectivity index (χ0v) is 15.5. The highest BCUT2D eigenvalue weighted by molar-refractivity contribution is 5.79. The van der Waals surface area contributed by atoms with Gasteiger partial charge in [-0.2, -0.15) is 0 Å². The molecule has 3 nitrogen and oxygen atoms in total. The van der Waals surface area contributed by atoms with Gasteiger partial charge >= 0.3 is 0 Å². The van der Waals surface area contributed by atoms with E-state index < -0.39 is 0 Å². The van der Waals surface area contributed by atoms with Gasteiger partial charge in [0.25, 0.3) is 0 Å². The summed E-state index contributed by atoms with van der Waals surface area (Å²) in [6.45, 7) is 11.8. The number of carbonyl (C=O) groups is 1. The number of hydrogen-bond donors (Lipinski definition) is 0. The number of nitrogens with zero attached hydrogens (tertiary/aromatic N) is 2. The van der Waals surface area contributed by atoms with Crippen molar-refractivity contribution in [2.45, 2.75) is 40.5 Å². The molecule has 1 heterocycles. The van der Waals surface area contributed by atoms with Crippen LogP contribution in [0.2, 0.25) is 0 Å². The summed E-state index contributed by atoms with van der Waals surface area (Å²) in [5.41, 5.74) is 0.657. The van der Waals surface area contributed by atoms with Gasteiger partial charge in [0.05, 0.1) is 5.69 Å². The first-order valence-electron chi connectivity index (χ1n) is 9.16. The Bertz CT molecular complexity index is 526. The van der Waals surface area contributed by atoms with Crippen LogP contribution in [0.4, 0.5) is 10.1 Å². The van der Waals surface area contributed by atoms with Gasteiger partial charge in [0.1, 0.15) is 5.82 Å². The molecule has 1 fully saturated rings. The summed E-state index contributed by atoms with van der Waals surface area (Å²) in [6.07, 6.45) is 1.61. The van der Waals surface area contributed by atoms with E-state index in [4.69, 9.17) is 0 Å². The van der Waals surface area contributed by atoms with E-state index >= 15 is 0 Å². The third kappa shape index (κ3) is 4.96. The van der Waals surface area contributed by atoms with Crippen LogP contribution >= 0.6 is 0 Å². The van der Waals surface area contributed by atoms with E-state index in [2.05, 4.69) is 32.6 Å². The van der Waals surface area contributed by atoms with Crippen molar-refractivity contribution in [1.29, 1.82) is 0 Å². The summed E-state index contributed by atoms with van der Waals surface area (Å²) in [5, 5.41) is 0. The van der Waals surface area contributed by atoms with E-state index in [1.807, 2.05) is 17.0 Å². The number of benzene rings is 1. The fourth-order valence-electron chi connectivity index (χ4n) is 3.47. The van der Waals surface area contributed by atoms with Gasteiger partial charge in [0, 0.05) is 32.1 Å². The molecule has 1 aliphatic heterocycles. The topological polar surface area (TPSA) is 23.6 Å². The summed E-state index contributed by atoms with van der Waals surface area (Å²) in [4.78, 5) is 17.0. The molecule has 0 bridgehead atoms. The second-order valence-electron chi connectivity index (χ2n) is 7.74. The summed E-state index contributed by atoms with van der Waals surface area (Å²) < 4.78 is 13.9. The molecule has 1 saturated heterocycles. The fourth-order valence-corrected chi connectivity index (χ4v) is 3.47. The molecule has 0 saturated carbocycles. The van der Waals surface area contributed by atoms with Gasteiger partial charge in [-0.3, -0.25) is 4.79 Å². The van der Waals surface area contributed by atoms with Crippen LogP contribution in [-0.2, 0) is 4.79 Å². The standard InChI is InChI=1S/C20H31FN2O/c1-15(2)13-23(14-16(3)4)20(24)17-9-11-22(12-10-17)19-8-6-5-7-18(19)21/h5-8,15-17H,9-14H2,1-4H3. The van der Waals surface area contributed by atoms with E-state index in [0.29, 0.717) is 17.5 Å². The van der Waals surface area contributed by atoms with Crippen LogP contribution in [-0.4, -0.2) is 37.0 Å². The van der Waals surface area contributed by atoms with Gasteiger partial charge in [-0.15, -0.1) is 0 Å². The Kier molecular flexibility index (Phi) is 6.64. The predicted molar refractivity (Wildman–Crippen MR) is 97.6 cm³/mol. The van der Waals surface area contributed by atoms with E-state index in [9.17, 15) is 9.18 Å². The van der Waals surface area contributed by atoms with Crippen LogP contribution in [0.3, 0.4) is 0 Å². The lowest BCUT2D eigenvalue weighted by molar-refractivity contribution is -0.137. The van der Waals surface area contributed by atoms with Gasteiger partial charge in [-0.1, -0.05) is 39.8 Å². The zero-order chi connectivity index (χ0) is 17.7. The molecule has 24 heavy (non-hydrogen) atoms. The Morgan fingerprint density at radius 2 is 1.67 bits per heavy atom. The first-order chi connectivity index (χ1) is 11.4. The van der Waals surface area contributed by atoms with Crippen LogP contribution in [0, 0.1) is 23.6 Å². The molecule has 0 aromatic heterocycles. The van der Waals surface area contributed by atoms with Gasteiger partial charge in [0.2, 0.25) is 5.91 Å². The molecule has 2 rings (SSSR count). The lowest BCUT2D eigenvalue weighted by atomic mass is 9.94. The first kappa shape index (κ1) is 18.8. The van der Waals surface area contributed by atoms with Crippen molar-refractivity contribution in [3.05, 3.63) is 30.1 Å². The second-order valence-corrected chi connectivity index (χ2v) is 7.74. The fraction of sp³-hybridized carbons (Fsp3) is 0.650. The zero-order valence-electron chi connectivity index (χ0n) is 15.5. The molecule has 1 aliphatic rings. The van der Waals surface area contributed by atoms with E-state index in [0.717, 1.165) is 39.0 Å². The number of hydrogen-bond acceptors (Lipinski definition) is 2. The Morgan fingerprint density at radius 3 is 2.17 bits per heavy atom. The third-order valence-corrected chi connectivity index (χ3v) is 4.52. The number of amides is 1. The maximum Gasteiger partial charge on any atom is 0.225 e. The summed E-state index contributed by atoms with van der Waals surface area (Å²) in [6, 6.07) is 6.90. The monoisotopic (exact) mass is 334 g/mol. The van der Waals surface area contributed by atoms with E-state index in [1.54, 1.807) is 6.07 Å². The minimum atomic E-state index is -0.177. The molecule has 1 aromatic rings. The Labute approximate surface area is 145 Å². The van der Waals surface area contributed by atoms with Crippen molar-refractivity contribution < 1.29 is 9.18 Å². The lowest BCUT2D eigenvalue weighted by Crippen LogP contribution is -2.45. The molecule has 0 radical (unpaired) electrons. The third-order valence-electron chi connectivity index (χ3n) is 4.52. The van der Waals surface area contributed by atoms with Crippen LogP contribution < -0.4 is 4.90 Å². The lowest BCUT2D eigenvalue weighted by Gasteiger charge is -2.36. The molecule has 1 amide bonds. The summed E-state index contributed by atoms with van der Waals surface area (Å²) >= 11 is 0. The van der Waals surface area contributed by atoms with E-state index in [1.165, 1.54) is 6.07 Å². The Hall–Kier alpha value is -1.58. The molecule has 134 valence electrons. The molecule has 0 atom stereocenters. The highest BCUT2D eigenvalue weighted by Crippen LogP contribution is 2.27. The molecule has 1 aromatic carbocycles. The average molecular weight is 334 g/mol. The maximum atomic E-state index is 13.9. The number of para-hydroxylation sites is 1. The van der Waals surface area contributed by atoms with Crippen LogP contribution in [0.15, 0.2) is 24.3 Å². The van der Waals surface area contributed by atoms with Crippen LogP contribution in [0.5, 0.6) is 0 Å². The molecule has 0 unspecified atom stereocenters. The van der Waals surface area contributed by atoms with Crippen molar-refractivity contribution >= 4 is 11.6 Å². The van der Waals surface area contributed by atoms with Crippen molar-refractivity contribution in [3.8, 4) is 0 Å². The molecule has 0 aliphatic carbocycles. The Balaban J connectivity index is 1.97. The minimum Gasteiger partial charge on any atom is -0.369 e. The van der Waals surface area contributed by atoms with Crippen molar-refractivity contribution in [2.75, 3.05) is 31.1 Å². The second kappa shape index (κ2) is 8.50. The normalized spacial score (nSPS) is 16.0. The highest BCUT2D eigenvalue weighted by Gasteiger charge is 2.29. The smallest absolute Gasteiger partial charge is 0.225 e. The van der Waals surface area contributed by atoms with Gasteiger partial charge < -0.3 is 9.80 Å². The quantitative estimate of drug-likeness (QED) is 0.779. The van der Waals surface area contributed by atoms with Gasteiger partial charge in [-0.25, -0.2) is 4.39 Å². The number of rotatable bonds is 6. The van der Waals surface area contributed by atoms with Crippen molar-refractivity contribution in [3.63, 3.8) is 0 Å². The molecular formula is C20H31FN2O. The molecule has 4 heteroatoms. The SMILES string of the molecule is CC(C)CN(CC(C)C)C(=O)C1CCN(c2ccccc2F)CC1. The largest absolute Gasteiger partial charge is 0.369 e. The summed E-state index contributed by atoms with van der Waals surface area (Å²) in [5.74, 6) is 1.14. The van der Waals surface area contributed by atoms with Crippen molar-refractivity contribution in [2.24, 2.45) is 17.8 Å². The number of piperidine rings is 1. The first-order valence-corrected chi connectivity index (χ1v) is 9.16. The van der Waals surface area contributed by atoms with Gasteiger partial charge in [0.15, 0.2) is 0 Å². The Morgan fingerprint density at radius 1 is 1.12 bits per heavy atom. The van der Waals surface area contributed by atoms with E-state index in [-0.39, 0.29) is 17.6 Å². The molecule has 0 N–H and O–H groups in total. The number of halogens is 1. The number of carbonyl (C=O) groups excluding carboxylic acids is 1. The van der Waals surface area contributed by atoms with Crippen LogP contribution in [0.25, 0.3) is 0 Å². The molecule has 0 spiro atoms.